The first kappa shape index (κ1) is 25.9. The van der Waals surface area contributed by atoms with Gasteiger partial charge in [-0.2, -0.15) is 5.16 Å². The van der Waals surface area contributed by atoms with Crippen LogP contribution in [0.25, 0.3) is 0 Å². The number of H-pyrrole nitrogens is 1. The summed E-state index contributed by atoms with van der Waals surface area (Å²) in [7, 11) is 0. The molecule has 1 aromatic heterocycles. The molecule has 1 saturated heterocycles. The van der Waals surface area contributed by atoms with Crippen LogP contribution in [0.2, 0.25) is 0 Å². The molecule has 1 aromatic rings. The SMILES string of the molecule is O=C(CSCC(=O)N[C@@H](Cc1cc(=O)[nH]o1)C(=O)NC1CCCC1)NCCN1CCCCC1=O. The topological polar surface area (TPSA) is 154 Å². The Morgan fingerprint density at radius 1 is 1.12 bits per heavy atom. The predicted octanol–water partition coefficient (Wildman–Crippen LogP) is -0.0841. The lowest BCUT2D eigenvalue weighted by molar-refractivity contribution is -0.133. The van der Waals surface area contributed by atoms with Crippen LogP contribution in [0, 0.1) is 0 Å². The molecule has 1 aliphatic carbocycles. The van der Waals surface area contributed by atoms with Gasteiger partial charge in [-0.05, 0) is 25.7 Å². The summed E-state index contributed by atoms with van der Waals surface area (Å²) in [6, 6.07) is 0.449. The van der Waals surface area contributed by atoms with Crippen molar-refractivity contribution >= 4 is 35.4 Å². The molecule has 2 heterocycles. The van der Waals surface area contributed by atoms with E-state index in [1.165, 1.54) is 6.07 Å². The van der Waals surface area contributed by atoms with Gasteiger partial charge < -0.3 is 25.4 Å². The molecule has 1 saturated carbocycles. The van der Waals surface area contributed by atoms with Crippen LogP contribution in [-0.4, -0.2) is 76.9 Å². The van der Waals surface area contributed by atoms with Gasteiger partial charge in [-0.15, -0.1) is 11.8 Å². The molecular formula is C22H33N5O6S. The van der Waals surface area contributed by atoms with E-state index < -0.39 is 11.6 Å². The van der Waals surface area contributed by atoms with Crippen LogP contribution in [0.3, 0.4) is 0 Å². The second-order valence-electron chi connectivity index (χ2n) is 8.67. The van der Waals surface area contributed by atoms with Crippen LogP contribution in [0.4, 0.5) is 0 Å². The average Bonchev–Trinajstić information content (AvgIpc) is 3.46. The molecule has 3 rings (SSSR count). The largest absolute Gasteiger partial charge is 0.383 e. The van der Waals surface area contributed by atoms with E-state index in [0.29, 0.717) is 19.5 Å². The van der Waals surface area contributed by atoms with Gasteiger partial charge >= 0.3 is 0 Å². The van der Waals surface area contributed by atoms with Gasteiger partial charge in [0.25, 0.3) is 5.56 Å². The molecule has 2 aliphatic rings. The van der Waals surface area contributed by atoms with E-state index >= 15 is 0 Å². The molecule has 0 bridgehead atoms. The number of thioether (sulfide) groups is 1. The molecule has 11 nitrogen and oxygen atoms in total. The van der Waals surface area contributed by atoms with Crippen LogP contribution >= 0.6 is 11.8 Å². The fourth-order valence-corrected chi connectivity index (χ4v) is 4.81. The third-order valence-electron chi connectivity index (χ3n) is 5.92. The molecule has 0 unspecified atom stereocenters. The first-order valence-corrected chi connectivity index (χ1v) is 13.0. The maximum absolute atomic E-state index is 12.7. The van der Waals surface area contributed by atoms with E-state index in [1.807, 2.05) is 0 Å². The Labute approximate surface area is 202 Å². The Morgan fingerprint density at radius 2 is 1.88 bits per heavy atom. The normalized spacial score (nSPS) is 17.4. The van der Waals surface area contributed by atoms with Crippen LogP contribution in [-0.2, 0) is 25.6 Å². The highest BCUT2D eigenvalue weighted by molar-refractivity contribution is 8.00. The number of hydrogen-bond donors (Lipinski definition) is 4. The highest BCUT2D eigenvalue weighted by atomic mass is 32.2. The fraction of sp³-hybridized carbons (Fsp3) is 0.682. The Bertz CT molecular complexity index is 910. The first-order chi connectivity index (χ1) is 16.4. The standard InChI is InChI=1S/C22H33N5O6S/c28-18-12-16(33-26-18)11-17(22(32)24-15-5-1-2-6-15)25-20(30)14-34-13-19(29)23-8-10-27-9-4-3-7-21(27)31/h12,15,17H,1-11,13-14H2,(H,23,29)(H,24,32)(H,25,30)(H,26,28)/t17-/m0/s1. The summed E-state index contributed by atoms with van der Waals surface area (Å²) < 4.78 is 5.05. The molecular weight excluding hydrogens is 462 g/mol. The van der Waals surface area contributed by atoms with Gasteiger partial charge in [-0.1, -0.05) is 12.8 Å². The molecule has 188 valence electrons. The number of likely N-dealkylation sites (tertiary alicyclic amines) is 1. The van der Waals surface area contributed by atoms with Gasteiger partial charge in [-0.3, -0.25) is 24.0 Å². The van der Waals surface area contributed by atoms with Crippen LogP contribution in [0.15, 0.2) is 15.4 Å². The van der Waals surface area contributed by atoms with Crippen LogP contribution < -0.4 is 21.5 Å². The molecule has 4 amide bonds. The monoisotopic (exact) mass is 495 g/mol. The molecule has 1 atom stereocenters. The maximum Gasteiger partial charge on any atom is 0.280 e. The third-order valence-corrected chi connectivity index (χ3v) is 6.86. The summed E-state index contributed by atoms with van der Waals surface area (Å²) in [5.74, 6) is -0.435. The highest BCUT2D eigenvalue weighted by Crippen LogP contribution is 2.18. The van der Waals surface area contributed by atoms with E-state index in [2.05, 4.69) is 21.1 Å². The molecule has 2 fully saturated rings. The number of amides is 4. The minimum atomic E-state index is -0.886. The van der Waals surface area contributed by atoms with E-state index in [9.17, 15) is 24.0 Å². The molecule has 1 aliphatic heterocycles. The third kappa shape index (κ3) is 8.54. The van der Waals surface area contributed by atoms with Gasteiger partial charge in [0.15, 0.2) is 0 Å². The van der Waals surface area contributed by atoms with E-state index in [0.717, 1.165) is 56.8 Å². The number of carbonyl (C=O) groups is 4. The number of aromatic amines is 1. The van der Waals surface area contributed by atoms with Gasteiger partial charge in [0.05, 0.1) is 11.5 Å². The molecule has 34 heavy (non-hydrogen) atoms. The number of aromatic nitrogens is 1. The van der Waals surface area contributed by atoms with Crippen molar-refractivity contribution in [1.82, 2.24) is 26.0 Å². The second kappa shape index (κ2) is 13.2. The van der Waals surface area contributed by atoms with Crippen molar-refractivity contribution in [3.8, 4) is 0 Å². The summed E-state index contributed by atoms with van der Waals surface area (Å²) >= 11 is 1.14. The second-order valence-corrected chi connectivity index (χ2v) is 9.66. The number of hydrogen-bond acceptors (Lipinski definition) is 7. The highest BCUT2D eigenvalue weighted by Gasteiger charge is 2.26. The Hall–Kier alpha value is -2.76. The maximum atomic E-state index is 12.7. The number of carbonyl (C=O) groups excluding carboxylic acids is 4. The quantitative estimate of drug-likeness (QED) is 0.316. The summed E-state index contributed by atoms with van der Waals surface area (Å²) in [5.41, 5.74) is -0.414. The van der Waals surface area contributed by atoms with Crippen LogP contribution in [0.1, 0.15) is 50.7 Å². The first-order valence-electron chi connectivity index (χ1n) is 11.8. The number of rotatable bonds is 12. The smallest absolute Gasteiger partial charge is 0.280 e. The molecule has 0 radical (unpaired) electrons. The van der Waals surface area contributed by atoms with Crippen molar-refractivity contribution in [3.05, 3.63) is 22.2 Å². The van der Waals surface area contributed by atoms with Gasteiger partial charge in [0.2, 0.25) is 23.6 Å². The van der Waals surface area contributed by atoms with Crippen molar-refractivity contribution < 1.29 is 23.7 Å². The molecule has 0 spiro atoms. The van der Waals surface area contributed by atoms with E-state index in [4.69, 9.17) is 4.52 Å². The lowest BCUT2D eigenvalue weighted by atomic mass is 10.1. The van der Waals surface area contributed by atoms with Crippen molar-refractivity contribution in [3.63, 3.8) is 0 Å². The summed E-state index contributed by atoms with van der Waals surface area (Å²) in [4.78, 5) is 62.1. The molecule has 4 N–H and O–H groups in total. The summed E-state index contributed by atoms with van der Waals surface area (Å²) in [6.07, 6.45) is 6.44. The zero-order valence-corrected chi connectivity index (χ0v) is 20.0. The Morgan fingerprint density at radius 3 is 2.59 bits per heavy atom. The van der Waals surface area contributed by atoms with Crippen LogP contribution in [0.5, 0.6) is 0 Å². The number of nitrogens with one attached hydrogen (secondary N) is 4. The minimum absolute atomic E-state index is 0.00231. The molecule has 12 heteroatoms. The summed E-state index contributed by atoms with van der Waals surface area (Å²) in [6.45, 7) is 1.59. The average molecular weight is 496 g/mol. The van der Waals surface area contributed by atoms with E-state index in [1.54, 1.807) is 4.90 Å². The van der Waals surface area contributed by atoms with Crippen molar-refractivity contribution in [2.24, 2.45) is 0 Å². The van der Waals surface area contributed by atoms with Crippen molar-refractivity contribution in [1.29, 1.82) is 0 Å². The number of nitrogens with zero attached hydrogens (tertiary/aromatic N) is 1. The summed E-state index contributed by atoms with van der Waals surface area (Å²) in [5, 5.41) is 10.6. The lowest BCUT2D eigenvalue weighted by Crippen LogP contribution is -2.50. The van der Waals surface area contributed by atoms with Gasteiger partial charge in [-0.25, -0.2) is 0 Å². The zero-order valence-electron chi connectivity index (χ0n) is 19.2. The minimum Gasteiger partial charge on any atom is -0.383 e. The Balaban J connectivity index is 1.39. The van der Waals surface area contributed by atoms with E-state index in [-0.39, 0.29) is 53.4 Å². The zero-order chi connectivity index (χ0) is 24.3. The molecule has 0 aromatic carbocycles. The Kier molecular flexibility index (Phi) is 10.0. The lowest BCUT2D eigenvalue weighted by Gasteiger charge is -2.26. The van der Waals surface area contributed by atoms with Crippen molar-refractivity contribution in [2.75, 3.05) is 31.1 Å². The fourth-order valence-electron chi connectivity index (χ4n) is 4.16. The number of piperidine rings is 1. The van der Waals surface area contributed by atoms with Crippen molar-refractivity contribution in [2.45, 2.75) is 63.5 Å². The van der Waals surface area contributed by atoms with Gasteiger partial charge in [0, 0.05) is 44.6 Å². The predicted molar refractivity (Wildman–Crippen MR) is 126 cm³/mol. The van der Waals surface area contributed by atoms with Gasteiger partial charge in [0.1, 0.15) is 11.8 Å².